The molecule has 4 aliphatic rings. The van der Waals surface area contributed by atoms with Crippen LogP contribution in [-0.4, -0.2) is 41.8 Å². The largest absolute Gasteiger partial charge is 0.393 e. The summed E-state index contributed by atoms with van der Waals surface area (Å²) in [5.74, 6) is 0.595. The van der Waals surface area contributed by atoms with E-state index in [1.165, 1.54) is 0 Å². The predicted octanol–water partition coefficient (Wildman–Crippen LogP) is 1.35. The summed E-state index contributed by atoms with van der Waals surface area (Å²) in [6, 6.07) is 0. The third-order valence-electron chi connectivity index (χ3n) is 5.56. The molecule has 0 atom stereocenters. The summed E-state index contributed by atoms with van der Waals surface area (Å²) in [5, 5.41) is 9.47. The van der Waals surface area contributed by atoms with Gasteiger partial charge >= 0.3 is 0 Å². The molecule has 104 valence electrons. The van der Waals surface area contributed by atoms with Gasteiger partial charge in [0.2, 0.25) is 10.0 Å². The van der Waals surface area contributed by atoms with Gasteiger partial charge in [0.05, 0.1) is 10.9 Å². The highest BCUT2D eigenvalue weighted by molar-refractivity contribution is 7.90. The van der Waals surface area contributed by atoms with Crippen LogP contribution in [0.4, 0.5) is 0 Å². The SMILES string of the molecule is CC(C)C12CC(S(=O)(=O)N3CCC(O)CC3)(C1)C2. The van der Waals surface area contributed by atoms with Crippen LogP contribution in [0.5, 0.6) is 0 Å². The summed E-state index contributed by atoms with van der Waals surface area (Å²) in [7, 11) is -3.13. The molecule has 1 saturated heterocycles. The van der Waals surface area contributed by atoms with E-state index in [1.807, 2.05) is 0 Å². The van der Waals surface area contributed by atoms with Gasteiger partial charge in [-0.15, -0.1) is 0 Å². The molecule has 1 heterocycles. The second-order valence-electron chi connectivity index (χ2n) is 6.87. The standard InChI is InChI=1S/C13H23NO3S/c1-10(2)12-7-13(8-12,9-12)18(16,17)14-5-3-11(15)4-6-14/h10-11,15H,3-9H2,1-2H3. The van der Waals surface area contributed by atoms with E-state index in [4.69, 9.17) is 0 Å². The molecule has 4 fully saturated rings. The fourth-order valence-corrected chi connectivity index (χ4v) is 6.66. The number of sulfonamides is 1. The van der Waals surface area contributed by atoms with Crippen molar-refractivity contribution in [1.82, 2.24) is 4.31 Å². The Morgan fingerprint density at radius 3 is 2.11 bits per heavy atom. The van der Waals surface area contributed by atoms with Crippen molar-refractivity contribution in [3.05, 3.63) is 0 Å². The van der Waals surface area contributed by atoms with Gasteiger partial charge in [-0.3, -0.25) is 0 Å². The lowest BCUT2D eigenvalue weighted by molar-refractivity contribution is -0.121. The van der Waals surface area contributed by atoms with Crippen LogP contribution in [0.2, 0.25) is 0 Å². The van der Waals surface area contributed by atoms with Gasteiger partial charge in [-0.1, -0.05) is 13.8 Å². The van der Waals surface area contributed by atoms with Crippen molar-refractivity contribution >= 4 is 10.0 Å². The maximum absolute atomic E-state index is 12.6. The molecule has 2 bridgehead atoms. The van der Waals surface area contributed by atoms with Crippen LogP contribution in [0.25, 0.3) is 0 Å². The van der Waals surface area contributed by atoms with Gasteiger partial charge in [0.1, 0.15) is 0 Å². The minimum Gasteiger partial charge on any atom is -0.393 e. The van der Waals surface area contributed by atoms with Crippen LogP contribution in [0.3, 0.4) is 0 Å². The predicted molar refractivity (Wildman–Crippen MR) is 69.6 cm³/mol. The minimum absolute atomic E-state index is 0.313. The smallest absolute Gasteiger partial charge is 0.219 e. The van der Waals surface area contributed by atoms with Crippen molar-refractivity contribution in [3.63, 3.8) is 0 Å². The number of hydrogen-bond acceptors (Lipinski definition) is 3. The molecule has 1 aliphatic heterocycles. The summed E-state index contributed by atoms with van der Waals surface area (Å²) in [6.07, 6.45) is 3.44. The number of rotatable bonds is 3. The summed E-state index contributed by atoms with van der Waals surface area (Å²) in [6.45, 7) is 5.40. The minimum atomic E-state index is -3.13. The van der Waals surface area contributed by atoms with Gasteiger partial charge in [-0.2, -0.15) is 0 Å². The molecule has 3 aliphatic carbocycles. The van der Waals surface area contributed by atoms with E-state index < -0.39 is 14.8 Å². The average Bonchev–Trinajstić information content (AvgIpc) is 2.12. The Bertz CT molecular complexity index is 429. The Labute approximate surface area is 109 Å². The van der Waals surface area contributed by atoms with Crippen molar-refractivity contribution in [2.24, 2.45) is 11.3 Å². The second kappa shape index (κ2) is 3.70. The quantitative estimate of drug-likeness (QED) is 0.844. The lowest BCUT2D eigenvalue weighted by Gasteiger charge is -2.72. The third-order valence-corrected chi connectivity index (χ3v) is 8.13. The highest BCUT2D eigenvalue weighted by atomic mass is 32.2. The Morgan fingerprint density at radius 1 is 1.17 bits per heavy atom. The molecule has 0 radical (unpaired) electrons. The van der Waals surface area contributed by atoms with Crippen molar-refractivity contribution in [2.45, 2.75) is 56.8 Å². The molecule has 1 N–H and O–H groups in total. The van der Waals surface area contributed by atoms with E-state index in [1.54, 1.807) is 4.31 Å². The second-order valence-corrected chi connectivity index (χ2v) is 9.20. The van der Waals surface area contributed by atoms with Crippen molar-refractivity contribution in [3.8, 4) is 0 Å². The van der Waals surface area contributed by atoms with E-state index in [-0.39, 0.29) is 6.10 Å². The number of aliphatic hydroxyl groups excluding tert-OH is 1. The number of piperidine rings is 1. The molecule has 3 saturated carbocycles. The lowest BCUT2D eigenvalue weighted by atomic mass is 9.40. The van der Waals surface area contributed by atoms with E-state index in [0.717, 1.165) is 19.3 Å². The molecule has 0 aromatic rings. The van der Waals surface area contributed by atoms with E-state index in [0.29, 0.717) is 37.3 Å². The maximum Gasteiger partial charge on any atom is 0.219 e. The Morgan fingerprint density at radius 2 is 1.67 bits per heavy atom. The maximum atomic E-state index is 12.6. The first-order chi connectivity index (χ1) is 8.31. The van der Waals surface area contributed by atoms with Crippen LogP contribution in [0, 0.1) is 11.3 Å². The topological polar surface area (TPSA) is 57.6 Å². The summed E-state index contributed by atoms with van der Waals surface area (Å²) in [5.41, 5.74) is 0.322. The van der Waals surface area contributed by atoms with Gasteiger partial charge in [-0.05, 0) is 43.4 Å². The molecular formula is C13H23NO3S. The highest BCUT2D eigenvalue weighted by Crippen LogP contribution is 2.74. The zero-order valence-electron chi connectivity index (χ0n) is 11.2. The first-order valence-corrected chi connectivity index (χ1v) is 8.43. The summed E-state index contributed by atoms with van der Waals surface area (Å²) in [4.78, 5) is 0. The number of hydrogen-bond donors (Lipinski definition) is 1. The van der Waals surface area contributed by atoms with Gasteiger partial charge in [0.15, 0.2) is 0 Å². The van der Waals surface area contributed by atoms with Crippen molar-refractivity contribution < 1.29 is 13.5 Å². The molecular weight excluding hydrogens is 250 g/mol. The fraction of sp³-hybridized carbons (Fsp3) is 1.00. The molecule has 0 aromatic carbocycles. The molecule has 0 unspecified atom stereocenters. The van der Waals surface area contributed by atoms with Gasteiger partial charge < -0.3 is 5.11 Å². The van der Waals surface area contributed by atoms with Crippen LogP contribution >= 0.6 is 0 Å². The van der Waals surface area contributed by atoms with Crippen LogP contribution in [0.15, 0.2) is 0 Å². The van der Waals surface area contributed by atoms with Gasteiger partial charge in [0, 0.05) is 13.1 Å². The zero-order chi connectivity index (χ0) is 13.2. The van der Waals surface area contributed by atoms with Crippen LogP contribution in [0.1, 0.15) is 46.0 Å². The van der Waals surface area contributed by atoms with Crippen molar-refractivity contribution in [1.29, 1.82) is 0 Å². The molecule has 18 heavy (non-hydrogen) atoms. The average molecular weight is 273 g/mol. The number of nitrogens with zero attached hydrogens (tertiary/aromatic N) is 1. The first-order valence-electron chi connectivity index (χ1n) is 6.99. The molecule has 0 amide bonds. The summed E-state index contributed by atoms with van der Waals surface area (Å²) >= 11 is 0. The molecule has 0 spiro atoms. The molecule has 4 rings (SSSR count). The monoisotopic (exact) mass is 273 g/mol. The Hall–Kier alpha value is -0.130. The van der Waals surface area contributed by atoms with Gasteiger partial charge in [0.25, 0.3) is 0 Å². The van der Waals surface area contributed by atoms with Crippen LogP contribution in [-0.2, 0) is 10.0 Å². The molecule has 0 aromatic heterocycles. The Balaban J connectivity index is 1.71. The molecule has 4 nitrogen and oxygen atoms in total. The fourth-order valence-electron chi connectivity index (χ4n) is 4.01. The highest BCUT2D eigenvalue weighted by Gasteiger charge is 2.75. The Kier molecular flexibility index (Phi) is 2.65. The van der Waals surface area contributed by atoms with Crippen molar-refractivity contribution in [2.75, 3.05) is 13.1 Å². The summed E-state index contributed by atoms with van der Waals surface area (Å²) < 4.78 is 26.5. The van der Waals surface area contributed by atoms with E-state index >= 15 is 0 Å². The van der Waals surface area contributed by atoms with Crippen LogP contribution < -0.4 is 0 Å². The first kappa shape index (κ1) is 12.9. The van der Waals surface area contributed by atoms with E-state index in [9.17, 15) is 13.5 Å². The third kappa shape index (κ3) is 1.47. The zero-order valence-corrected chi connectivity index (χ0v) is 12.0. The molecule has 5 heteroatoms. The normalized spacial score (nSPS) is 41.6. The van der Waals surface area contributed by atoms with Gasteiger partial charge in [-0.25, -0.2) is 12.7 Å². The lowest BCUT2D eigenvalue weighted by Crippen LogP contribution is -2.74. The van der Waals surface area contributed by atoms with E-state index in [2.05, 4.69) is 13.8 Å². The number of aliphatic hydroxyl groups is 1.